The Bertz CT molecular complexity index is 609. The van der Waals surface area contributed by atoms with Crippen LogP contribution in [0.15, 0.2) is 17.1 Å². The number of guanidine groups is 1. The monoisotopic (exact) mass is 365 g/mol. The average molecular weight is 366 g/mol. The molecule has 1 N–H and O–H groups in total. The molecule has 0 radical (unpaired) electrons. The Morgan fingerprint density at radius 2 is 1.73 bits per heavy atom. The molecule has 6 nitrogen and oxygen atoms in total. The van der Waals surface area contributed by atoms with Crippen LogP contribution in [0, 0.1) is 12.3 Å². The number of aliphatic imine (C=N–C) groups is 1. The first-order valence-electron chi connectivity index (χ1n) is 8.84. The fourth-order valence-corrected chi connectivity index (χ4v) is 2.84. The minimum absolute atomic E-state index is 0.0547. The summed E-state index contributed by atoms with van der Waals surface area (Å²) in [7, 11) is 8.86. The highest BCUT2D eigenvalue weighted by Crippen LogP contribution is 2.30. The fraction of sp³-hybridized carbons (Fsp3) is 0.650. The molecule has 0 fully saturated rings. The molecule has 1 rings (SSSR count). The van der Waals surface area contributed by atoms with Crippen molar-refractivity contribution in [3.8, 4) is 11.5 Å². The highest BCUT2D eigenvalue weighted by atomic mass is 16.5. The van der Waals surface area contributed by atoms with Gasteiger partial charge in [-0.05, 0) is 35.6 Å². The zero-order valence-electron chi connectivity index (χ0n) is 17.8. The van der Waals surface area contributed by atoms with Crippen LogP contribution in [0.4, 0.5) is 0 Å². The van der Waals surface area contributed by atoms with Gasteiger partial charge in [0.05, 0.1) is 20.3 Å². The van der Waals surface area contributed by atoms with E-state index in [-0.39, 0.29) is 11.5 Å². The van der Waals surface area contributed by atoms with Gasteiger partial charge in [-0.15, -0.1) is 0 Å². The lowest BCUT2D eigenvalue weighted by Crippen LogP contribution is -2.45. The summed E-state index contributed by atoms with van der Waals surface area (Å²) in [4.78, 5) is 6.49. The fourth-order valence-electron chi connectivity index (χ4n) is 2.84. The Kier molecular flexibility index (Phi) is 8.21. The van der Waals surface area contributed by atoms with E-state index in [2.05, 4.69) is 42.9 Å². The van der Waals surface area contributed by atoms with Crippen molar-refractivity contribution in [2.45, 2.75) is 40.3 Å². The molecule has 0 aromatic heterocycles. The van der Waals surface area contributed by atoms with Crippen molar-refractivity contribution in [2.75, 3.05) is 42.0 Å². The Morgan fingerprint density at radius 1 is 1.15 bits per heavy atom. The zero-order chi connectivity index (χ0) is 19.9. The largest absolute Gasteiger partial charge is 0.493 e. The molecular weight excluding hydrogens is 330 g/mol. The van der Waals surface area contributed by atoms with Gasteiger partial charge in [0.15, 0.2) is 17.5 Å². The van der Waals surface area contributed by atoms with Crippen molar-refractivity contribution in [2.24, 2.45) is 10.4 Å². The molecule has 148 valence electrons. The van der Waals surface area contributed by atoms with Gasteiger partial charge in [0, 0.05) is 34.3 Å². The standard InChI is InChI=1S/C20H35N3O3/c1-14-10-16(24-7)17(25-8)11-15(14)13-23(6)19(21-5)22-12-18(26-9)20(2,3)4/h10-11,18H,12-13H2,1-9H3,(H,21,22). The van der Waals surface area contributed by atoms with Gasteiger partial charge in [0.1, 0.15) is 0 Å². The molecule has 1 aromatic carbocycles. The van der Waals surface area contributed by atoms with Crippen LogP contribution in [-0.4, -0.2) is 58.9 Å². The van der Waals surface area contributed by atoms with E-state index < -0.39 is 0 Å². The minimum Gasteiger partial charge on any atom is -0.493 e. The Hall–Kier alpha value is -1.95. The lowest BCUT2D eigenvalue weighted by Gasteiger charge is -2.31. The highest BCUT2D eigenvalue weighted by molar-refractivity contribution is 5.79. The third-order valence-electron chi connectivity index (χ3n) is 4.52. The molecule has 1 unspecified atom stereocenters. The first-order valence-corrected chi connectivity index (χ1v) is 8.84. The van der Waals surface area contributed by atoms with Gasteiger partial charge < -0.3 is 24.4 Å². The number of ether oxygens (including phenoxy) is 3. The maximum atomic E-state index is 5.62. The molecule has 0 saturated heterocycles. The second-order valence-corrected chi connectivity index (χ2v) is 7.51. The molecule has 0 aliphatic heterocycles. The van der Waals surface area contributed by atoms with Gasteiger partial charge in [0.25, 0.3) is 0 Å². The van der Waals surface area contributed by atoms with Gasteiger partial charge in [-0.25, -0.2) is 0 Å². The van der Waals surface area contributed by atoms with Crippen LogP contribution < -0.4 is 14.8 Å². The summed E-state index contributed by atoms with van der Waals surface area (Å²) in [5, 5.41) is 3.41. The van der Waals surface area contributed by atoms with Crippen LogP contribution in [-0.2, 0) is 11.3 Å². The van der Waals surface area contributed by atoms with E-state index in [9.17, 15) is 0 Å². The van der Waals surface area contributed by atoms with Gasteiger partial charge in [-0.1, -0.05) is 20.8 Å². The molecule has 6 heteroatoms. The van der Waals surface area contributed by atoms with E-state index in [0.717, 1.165) is 28.6 Å². The van der Waals surface area contributed by atoms with E-state index in [1.54, 1.807) is 28.4 Å². The van der Waals surface area contributed by atoms with Gasteiger partial charge >= 0.3 is 0 Å². The summed E-state index contributed by atoms with van der Waals surface area (Å²) in [5.74, 6) is 2.30. The maximum Gasteiger partial charge on any atom is 0.193 e. The number of methoxy groups -OCH3 is 3. The third kappa shape index (κ3) is 5.80. The van der Waals surface area contributed by atoms with E-state index in [4.69, 9.17) is 14.2 Å². The summed E-state index contributed by atoms with van der Waals surface area (Å²) in [6.07, 6.45) is 0.0930. The Labute approximate surface area is 158 Å². The molecular formula is C20H35N3O3. The van der Waals surface area contributed by atoms with Crippen molar-refractivity contribution in [3.05, 3.63) is 23.3 Å². The number of hydrogen-bond donors (Lipinski definition) is 1. The summed E-state index contributed by atoms with van der Waals surface area (Å²) < 4.78 is 16.4. The molecule has 0 bridgehead atoms. The van der Waals surface area contributed by atoms with Gasteiger partial charge in [0.2, 0.25) is 0 Å². The molecule has 0 amide bonds. The van der Waals surface area contributed by atoms with Crippen LogP contribution in [0.2, 0.25) is 0 Å². The molecule has 26 heavy (non-hydrogen) atoms. The molecule has 0 aliphatic rings. The number of benzene rings is 1. The number of nitrogens with zero attached hydrogens (tertiary/aromatic N) is 2. The second-order valence-electron chi connectivity index (χ2n) is 7.51. The van der Waals surface area contributed by atoms with Crippen LogP contribution in [0.1, 0.15) is 31.9 Å². The third-order valence-corrected chi connectivity index (χ3v) is 4.52. The zero-order valence-corrected chi connectivity index (χ0v) is 17.8. The summed E-state index contributed by atoms with van der Waals surface area (Å²) in [6.45, 7) is 9.98. The van der Waals surface area contributed by atoms with E-state index in [0.29, 0.717) is 13.1 Å². The van der Waals surface area contributed by atoms with E-state index in [1.165, 1.54) is 0 Å². The van der Waals surface area contributed by atoms with Crippen LogP contribution >= 0.6 is 0 Å². The highest BCUT2D eigenvalue weighted by Gasteiger charge is 2.24. The van der Waals surface area contributed by atoms with Crippen molar-refractivity contribution >= 4 is 5.96 Å². The first kappa shape index (κ1) is 22.1. The quantitative estimate of drug-likeness (QED) is 0.594. The normalized spacial score (nSPS) is 13.3. The van der Waals surface area contributed by atoms with Crippen molar-refractivity contribution in [1.82, 2.24) is 10.2 Å². The first-order chi connectivity index (χ1) is 12.2. The van der Waals surface area contributed by atoms with Crippen molar-refractivity contribution in [1.29, 1.82) is 0 Å². The number of nitrogens with one attached hydrogen (secondary N) is 1. The Balaban J connectivity index is 2.86. The number of rotatable bonds is 7. The lowest BCUT2D eigenvalue weighted by molar-refractivity contribution is 0.0202. The SMILES string of the molecule is CN=C(NCC(OC)C(C)(C)C)N(C)Cc1cc(OC)c(OC)cc1C. The Morgan fingerprint density at radius 3 is 2.19 bits per heavy atom. The molecule has 0 spiro atoms. The second kappa shape index (κ2) is 9.67. The van der Waals surface area contributed by atoms with Crippen LogP contribution in [0.25, 0.3) is 0 Å². The summed E-state index contributed by atoms with van der Waals surface area (Å²) >= 11 is 0. The topological polar surface area (TPSA) is 55.3 Å². The molecule has 0 aliphatic carbocycles. The van der Waals surface area contributed by atoms with Crippen molar-refractivity contribution in [3.63, 3.8) is 0 Å². The lowest BCUT2D eigenvalue weighted by atomic mass is 9.89. The number of aryl methyl sites for hydroxylation is 1. The maximum absolute atomic E-state index is 5.62. The van der Waals surface area contributed by atoms with Gasteiger partial charge in [-0.3, -0.25) is 4.99 Å². The average Bonchev–Trinajstić information content (AvgIpc) is 2.58. The predicted molar refractivity (Wildman–Crippen MR) is 107 cm³/mol. The van der Waals surface area contributed by atoms with Crippen LogP contribution in [0.5, 0.6) is 11.5 Å². The molecule has 1 atom stereocenters. The molecule has 0 heterocycles. The summed E-state index contributed by atoms with van der Waals surface area (Å²) in [5.41, 5.74) is 2.36. The van der Waals surface area contributed by atoms with Crippen LogP contribution in [0.3, 0.4) is 0 Å². The van der Waals surface area contributed by atoms with Gasteiger partial charge in [-0.2, -0.15) is 0 Å². The summed E-state index contributed by atoms with van der Waals surface area (Å²) in [6, 6.07) is 4.02. The van der Waals surface area contributed by atoms with E-state index >= 15 is 0 Å². The molecule has 1 aromatic rings. The van der Waals surface area contributed by atoms with E-state index in [1.807, 2.05) is 19.2 Å². The molecule has 0 saturated carbocycles. The predicted octanol–water partition coefficient (Wildman–Crippen LogP) is 3.08. The minimum atomic E-state index is 0.0547. The van der Waals surface area contributed by atoms with Crippen molar-refractivity contribution < 1.29 is 14.2 Å². The smallest absolute Gasteiger partial charge is 0.193 e. The number of hydrogen-bond acceptors (Lipinski definition) is 4.